The van der Waals surface area contributed by atoms with Crippen LogP contribution in [0.1, 0.15) is 20.3 Å². The Kier molecular flexibility index (Phi) is 4.72. The molecule has 0 aliphatic rings. The molecule has 0 aliphatic carbocycles. The molecule has 0 amide bonds. The van der Waals surface area contributed by atoms with E-state index < -0.39 is 0 Å². The van der Waals surface area contributed by atoms with Crippen LogP contribution in [-0.2, 0) is 4.74 Å². The van der Waals surface area contributed by atoms with Gasteiger partial charge in [-0.05, 0) is 20.3 Å². The van der Waals surface area contributed by atoms with Crippen LogP contribution < -0.4 is 0 Å². The van der Waals surface area contributed by atoms with E-state index in [-0.39, 0.29) is 0 Å². The van der Waals surface area contributed by atoms with Crippen LogP contribution in [0.25, 0.3) is 0 Å². The Labute approximate surface area is 60.5 Å². The van der Waals surface area contributed by atoms with Crippen molar-refractivity contribution in [2.45, 2.75) is 32.1 Å². The summed E-state index contributed by atoms with van der Waals surface area (Å²) in [6.45, 7) is 7.82. The van der Waals surface area contributed by atoms with Gasteiger partial charge in [-0.25, -0.2) is 0 Å². The Morgan fingerprint density at radius 3 is 2.56 bits per heavy atom. The third-order valence-corrected chi connectivity index (χ3v) is 1.28. The molecule has 0 radical (unpaired) electrons. The average Bonchev–Trinajstić information content (AvgIpc) is 1.63. The molecule has 0 fully saturated rings. The standard InChI is InChI=1S/C7H16OSi/c1-4-5-6(2)8-7(3)9/h4,6-7H,1,5H2,2-3,9H3. The minimum Gasteiger partial charge on any atom is -0.380 e. The van der Waals surface area contributed by atoms with Crippen LogP contribution in [-0.4, -0.2) is 22.1 Å². The second-order valence-electron chi connectivity index (χ2n) is 2.52. The molecule has 1 nitrogen and oxygen atoms in total. The normalized spacial score (nSPS) is 17.1. The zero-order valence-corrected chi connectivity index (χ0v) is 8.55. The largest absolute Gasteiger partial charge is 0.380 e. The quantitative estimate of drug-likeness (QED) is 0.416. The van der Waals surface area contributed by atoms with Gasteiger partial charge in [-0.1, -0.05) is 6.08 Å². The molecule has 0 rings (SSSR count). The van der Waals surface area contributed by atoms with Gasteiger partial charge in [0.25, 0.3) is 0 Å². The van der Waals surface area contributed by atoms with Crippen molar-refractivity contribution in [2.24, 2.45) is 0 Å². The maximum absolute atomic E-state index is 5.48. The first-order chi connectivity index (χ1) is 4.16. The van der Waals surface area contributed by atoms with E-state index in [1.807, 2.05) is 6.08 Å². The fraction of sp³-hybridized carbons (Fsp3) is 0.714. The van der Waals surface area contributed by atoms with E-state index in [0.717, 1.165) is 16.7 Å². The Morgan fingerprint density at radius 1 is 1.67 bits per heavy atom. The second-order valence-corrected chi connectivity index (χ2v) is 4.15. The van der Waals surface area contributed by atoms with Crippen LogP contribution >= 0.6 is 0 Å². The monoisotopic (exact) mass is 144 g/mol. The molecular formula is C7H16OSi. The molecule has 0 spiro atoms. The van der Waals surface area contributed by atoms with Crippen molar-refractivity contribution in [3.63, 3.8) is 0 Å². The van der Waals surface area contributed by atoms with Crippen molar-refractivity contribution in [3.05, 3.63) is 12.7 Å². The van der Waals surface area contributed by atoms with E-state index in [1.54, 1.807) is 0 Å². The fourth-order valence-corrected chi connectivity index (χ4v) is 1.22. The van der Waals surface area contributed by atoms with Gasteiger partial charge in [-0.15, -0.1) is 6.58 Å². The van der Waals surface area contributed by atoms with Gasteiger partial charge < -0.3 is 4.74 Å². The molecular weight excluding hydrogens is 128 g/mol. The smallest absolute Gasteiger partial charge is 0.0580 e. The van der Waals surface area contributed by atoms with Crippen molar-refractivity contribution in [1.82, 2.24) is 0 Å². The Morgan fingerprint density at radius 2 is 2.22 bits per heavy atom. The van der Waals surface area contributed by atoms with E-state index in [1.165, 1.54) is 0 Å². The van der Waals surface area contributed by atoms with Crippen LogP contribution in [0.2, 0.25) is 0 Å². The number of hydrogen-bond acceptors (Lipinski definition) is 1. The number of hydrogen-bond donors (Lipinski definition) is 0. The molecule has 2 unspecified atom stereocenters. The van der Waals surface area contributed by atoms with Crippen molar-refractivity contribution >= 4 is 10.2 Å². The lowest BCUT2D eigenvalue weighted by Crippen LogP contribution is -2.15. The first kappa shape index (κ1) is 8.92. The van der Waals surface area contributed by atoms with Crippen molar-refractivity contribution in [3.8, 4) is 0 Å². The average molecular weight is 144 g/mol. The zero-order chi connectivity index (χ0) is 7.28. The molecule has 0 heterocycles. The summed E-state index contributed by atoms with van der Waals surface area (Å²) >= 11 is 0. The molecule has 2 heteroatoms. The summed E-state index contributed by atoms with van der Waals surface area (Å²) in [6, 6.07) is 0. The summed E-state index contributed by atoms with van der Waals surface area (Å²) in [7, 11) is 1.12. The first-order valence-electron chi connectivity index (χ1n) is 3.43. The fourth-order valence-electron chi connectivity index (χ4n) is 0.755. The van der Waals surface area contributed by atoms with E-state index >= 15 is 0 Å². The summed E-state index contributed by atoms with van der Waals surface area (Å²) in [6.07, 6.45) is 3.22. The van der Waals surface area contributed by atoms with Crippen LogP contribution in [0.3, 0.4) is 0 Å². The van der Waals surface area contributed by atoms with Gasteiger partial charge in [0, 0.05) is 16.0 Å². The van der Waals surface area contributed by atoms with E-state index in [9.17, 15) is 0 Å². The molecule has 0 aliphatic heterocycles. The molecule has 0 saturated heterocycles. The van der Waals surface area contributed by atoms with Crippen molar-refractivity contribution in [2.75, 3.05) is 0 Å². The SMILES string of the molecule is C=CCC(C)OC(C)[SiH3]. The molecule has 2 atom stereocenters. The predicted octanol–water partition coefficient (Wildman–Crippen LogP) is 0.679. The lowest BCUT2D eigenvalue weighted by Gasteiger charge is -2.13. The summed E-state index contributed by atoms with van der Waals surface area (Å²) in [5.41, 5.74) is 0.472. The summed E-state index contributed by atoms with van der Waals surface area (Å²) < 4.78 is 5.48. The van der Waals surface area contributed by atoms with E-state index in [4.69, 9.17) is 4.74 Å². The minimum atomic E-state index is 0.356. The van der Waals surface area contributed by atoms with Gasteiger partial charge >= 0.3 is 0 Å². The van der Waals surface area contributed by atoms with Crippen LogP contribution in [0, 0.1) is 0 Å². The Hall–Kier alpha value is -0.0831. The van der Waals surface area contributed by atoms with Crippen molar-refractivity contribution < 1.29 is 4.74 Å². The van der Waals surface area contributed by atoms with Crippen LogP contribution in [0.4, 0.5) is 0 Å². The zero-order valence-electron chi connectivity index (χ0n) is 6.55. The van der Waals surface area contributed by atoms with Gasteiger partial charge in [0.15, 0.2) is 0 Å². The lowest BCUT2D eigenvalue weighted by molar-refractivity contribution is 0.0542. The maximum Gasteiger partial charge on any atom is 0.0580 e. The molecule has 0 aromatic rings. The number of rotatable bonds is 4. The molecule has 0 saturated carbocycles. The number of ether oxygens (including phenoxy) is 1. The molecule has 0 N–H and O–H groups in total. The highest BCUT2D eigenvalue weighted by Crippen LogP contribution is 1.99. The third-order valence-electron chi connectivity index (χ3n) is 1.00. The summed E-state index contributed by atoms with van der Waals surface area (Å²) in [5, 5.41) is 0. The summed E-state index contributed by atoms with van der Waals surface area (Å²) in [5.74, 6) is 0. The highest BCUT2D eigenvalue weighted by molar-refractivity contribution is 6.10. The molecule has 9 heavy (non-hydrogen) atoms. The van der Waals surface area contributed by atoms with Gasteiger partial charge in [0.2, 0.25) is 0 Å². The molecule has 0 aromatic carbocycles. The van der Waals surface area contributed by atoms with Crippen molar-refractivity contribution in [1.29, 1.82) is 0 Å². The molecule has 54 valence electrons. The molecule has 0 aromatic heterocycles. The van der Waals surface area contributed by atoms with Gasteiger partial charge in [-0.3, -0.25) is 0 Å². The second kappa shape index (κ2) is 4.76. The highest BCUT2D eigenvalue weighted by Gasteiger charge is 2.00. The third kappa shape index (κ3) is 5.79. The topological polar surface area (TPSA) is 9.23 Å². The van der Waals surface area contributed by atoms with Gasteiger partial charge in [-0.2, -0.15) is 0 Å². The first-order valence-corrected chi connectivity index (χ1v) is 4.58. The maximum atomic E-state index is 5.48. The molecule has 0 bridgehead atoms. The predicted molar refractivity (Wildman–Crippen MR) is 44.8 cm³/mol. The van der Waals surface area contributed by atoms with E-state index in [2.05, 4.69) is 20.4 Å². The summed E-state index contributed by atoms with van der Waals surface area (Å²) in [4.78, 5) is 0. The highest BCUT2D eigenvalue weighted by atomic mass is 28.1. The van der Waals surface area contributed by atoms with E-state index in [0.29, 0.717) is 11.8 Å². The Balaban J connectivity index is 3.25. The minimum absolute atomic E-state index is 0.356. The van der Waals surface area contributed by atoms with Crippen LogP contribution in [0.5, 0.6) is 0 Å². The Bertz CT molecular complexity index is 81.0. The van der Waals surface area contributed by atoms with Crippen LogP contribution in [0.15, 0.2) is 12.7 Å². The lowest BCUT2D eigenvalue weighted by atomic mass is 10.3. The van der Waals surface area contributed by atoms with Gasteiger partial charge in [0.1, 0.15) is 0 Å². The van der Waals surface area contributed by atoms with Gasteiger partial charge in [0.05, 0.1) is 6.10 Å².